The third-order valence-corrected chi connectivity index (χ3v) is 5.86. The Kier molecular flexibility index (Phi) is 4.10. The van der Waals surface area contributed by atoms with Crippen LogP contribution in [0.1, 0.15) is 38.7 Å². The minimum Gasteiger partial charge on any atom is -0.207 e. The van der Waals surface area contributed by atoms with E-state index in [0.717, 1.165) is 19.3 Å². The maximum absolute atomic E-state index is 12.5. The molecule has 1 fully saturated rings. The molecule has 1 aromatic carbocycles. The summed E-state index contributed by atoms with van der Waals surface area (Å²) in [6.45, 7) is 4.11. The highest BCUT2D eigenvalue weighted by Crippen LogP contribution is 2.38. The molecule has 0 radical (unpaired) electrons. The lowest BCUT2D eigenvalue weighted by Crippen LogP contribution is -2.41. The summed E-state index contributed by atoms with van der Waals surface area (Å²) in [5.74, 6) is 0. The number of benzene rings is 1. The molecule has 0 bridgehead atoms. The second-order valence-corrected chi connectivity index (χ2v) is 7.90. The normalized spacial score (nSPS) is 21.6. The van der Waals surface area contributed by atoms with Gasteiger partial charge in [-0.05, 0) is 36.5 Å². The molecule has 1 unspecified atom stereocenters. The first-order valence-electron chi connectivity index (χ1n) is 6.48. The fourth-order valence-corrected chi connectivity index (χ4v) is 4.54. The molecule has 4 nitrogen and oxygen atoms in total. The van der Waals surface area contributed by atoms with Crippen molar-refractivity contribution >= 4 is 21.6 Å². The third-order valence-electron chi connectivity index (χ3n) is 3.90. The van der Waals surface area contributed by atoms with E-state index in [1.54, 1.807) is 0 Å². The molecule has 0 amide bonds. The van der Waals surface area contributed by atoms with Crippen LogP contribution < -0.4 is 4.72 Å². The van der Waals surface area contributed by atoms with E-state index in [-0.39, 0.29) is 26.9 Å². The van der Waals surface area contributed by atoms with Crippen molar-refractivity contribution in [2.24, 2.45) is 5.41 Å². The van der Waals surface area contributed by atoms with E-state index < -0.39 is 10.0 Å². The van der Waals surface area contributed by atoms with Crippen molar-refractivity contribution in [1.82, 2.24) is 4.72 Å². The maximum atomic E-state index is 12.5. The summed E-state index contributed by atoms with van der Waals surface area (Å²) in [5.41, 5.74) is 0.215. The van der Waals surface area contributed by atoms with E-state index in [4.69, 9.17) is 16.9 Å². The zero-order valence-electron chi connectivity index (χ0n) is 11.5. The van der Waals surface area contributed by atoms with Crippen molar-refractivity contribution in [3.05, 3.63) is 28.8 Å². The smallest absolute Gasteiger partial charge is 0.207 e. The third kappa shape index (κ3) is 2.98. The highest BCUT2D eigenvalue weighted by Gasteiger charge is 2.37. The van der Waals surface area contributed by atoms with Gasteiger partial charge in [0.2, 0.25) is 10.0 Å². The van der Waals surface area contributed by atoms with E-state index in [1.165, 1.54) is 18.2 Å². The second kappa shape index (κ2) is 5.36. The summed E-state index contributed by atoms with van der Waals surface area (Å²) in [6, 6.07) is 6.08. The van der Waals surface area contributed by atoms with Gasteiger partial charge in [0.05, 0.1) is 16.7 Å². The van der Waals surface area contributed by atoms with Gasteiger partial charge in [-0.2, -0.15) is 5.26 Å². The predicted octanol–water partition coefficient (Wildman–Crippen LogP) is 3.07. The quantitative estimate of drug-likeness (QED) is 0.932. The lowest BCUT2D eigenvalue weighted by molar-refractivity contribution is 0.313. The average Bonchev–Trinajstić information content (AvgIpc) is 2.68. The van der Waals surface area contributed by atoms with Crippen LogP contribution in [0.25, 0.3) is 0 Å². The maximum Gasteiger partial charge on any atom is 0.242 e. The van der Waals surface area contributed by atoms with Crippen molar-refractivity contribution in [2.45, 2.75) is 44.0 Å². The van der Waals surface area contributed by atoms with E-state index in [2.05, 4.69) is 18.6 Å². The van der Waals surface area contributed by atoms with Crippen LogP contribution in [0.4, 0.5) is 0 Å². The van der Waals surface area contributed by atoms with Crippen LogP contribution in [0.5, 0.6) is 0 Å². The Labute approximate surface area is 124 Å². The number of sulfonamides is 1. The number of hydrogen-bond acceptors (Lipinski definition) is 3. The fourth-order valence-electron chi connectivity index (χ4n) is 2.57. The zero-order valence-corrected chi connectivity index (χ0v) is 13.1. The molecule has 2 rings (SSSR count). The van der Waals surface area contributed by atoms with Crippen LogP contribution in [0.2, 0.25) is 5.02 Å². The van der Waals surface area contributed by atoms with Gasteiger partial charge in [-0.1, -0.05) is 31.9 Å². The van der Waals surface area contributed by atoms with Gasteiger partial charge in [-0.15, -0.1) is 0 Å². The van der Waals surface area contributed by atoms with Gasteiger partial charge in [0.25, 0.3) is 0 Å². The average molecular weight is 313 g/mol. The van der Waals surface area contributed by atoms with E-state index in [0.29, 0.717) is 0 Å². The molecule has 108 valence electrons. The Morgan fingerprint density at radius 2 is 2.15 bits per heavy atom. The summed E-state index contributed by atoms with van der Waals surface area (Å²) in [7, 11) is -3.71. The molecule has 0 heterocycles. The number of nitriles is 1. The van der Waals surface area contributed by atoms with Crippen LogP contribution >= 0.6 is 11.6 Å². The van der Waals surface area contributed by atoms with Gasteiger partial charge in [0.1, 0.15) is 4.90 Å². The number of nitrogens with zero attached hydrogens (tertiary/aromatic N) is 1. The van der Waals surface area contributed by atoms with E-state index in [1.807, 2.05) is 6.07 Å². The van der Waals surface area contributed by atoms with Crippen LogP contribution in [0.15, 0.2) is 23.1 Å². The molecular formula is C14H17ClN2O2S. The molecule has 0 spiro atoms. The Morgan fingerprint density at radius 1 is 1.45 bits per heavy atom. The first-order chi connectivity index (χ1) is 9.26. The summed E-state index contributed by atoms with van der Waals surface area (Å²) in [6.07, 6.45) is 2.82. The fraction of sp³-hybridized carbons (Fsp3) is 0.500. The first kappa shape index (κ1) is 15.3. The monoisotopic (exact) mass is 312 g/mol. The number of rotatable bonds is 3. The molecule has 0 saturated heterocycles. The van der Waals surface area contributed by atoms with Gasteiger partial charge in [0.15, 0.2) is 0 Å². The molecule has 0 aromatic heterocycles. The van der Waals surface area contributed by atoms with Gasteiger partial charge in [-0.3, -0.25) is 0 Å². The molecule has 0 aliphatic heterocycles. The van der Waals surface area contributed by atoms with Gasteiger partial charge in [0, 0.05) is 6.04 Å². The zero-order chi connectivity index (χ0) is 15.0. The molecule has 1 aromatic rings. The van der Waals surface area contributed by atoms with Gasteiger partial charge < -0.3 is 0 Å². The minimum atomic E-state index is -3.71. The Hall–Kier alpha value is -1.09. The van der Waals surface area contributed by atoms with Crippen molar-refractivity contribution < 1.29 is 8.42 Å². The minimum absolute atomic E-state index is 0.0269. The predicted molar refractivity (Wildman–Crippen MR) is 77.9 cm³/mol. The highest BCUT2D eigenvalue weighted by atomic mass is 35.5. The SMILES string of the molecule is CC1(C)CCCC1NS(=O)(=O)c1cc(C#N)ccc1Cl. The van der Waals surface area contributed by atoms with Crippen LogP contribution in [-0.2, 0) is 10.0 Å². The van der Waals surface area contributed by atoms with Crippen LogP contribution in [0.3, 0.4) is 0 Å². The Morgan fingerprint density at radius 3 is 2.70 bits per heavy atom. The standard InChI is InChI=1S/C14H17ClN2O2S/c1-14(2)7-3-4-13(14)17-20(18,19)12-8-10(9-16)5-6-11(12)15/h5-6,8,13,17H,3-4,7H2,1-2H3. The summed E-state index contributed by atoms with van der Waals surface area (Å²) in [5, 5.41) is 9.01. The van der Waals surface area contributed by atoms with E-state index in [9.17, 15) is 8.42 Å². The molecule has 1 aliphatic carbocycles. The molecular weight excluding hydrogens is 296 g/mol. The van der Waals surface area contributed by atoms with Crippen LogP contribution in [-0.4, -0.2) is 14.5 Å². The van der Waals surface area contributed by atoms with Crippen molar-refractivity contribution in [1.29, 1.82) is 5.26 Å². The van der Waals surface area contributed by atoms with Gasteiger partial charge >= 0.3 is 0 Å². The van der Waals surface area contributed by atoms with E-state index >= 15 is 0 Å². The second-order valence-electron chi connectivity index (χ2n) is 5.81. The lowest BCUT2D eigenvalue weighted by atomic mass is 9.88. The number of halogens is 1. The molecule has 1 N–H and O–H groups in total. The highest BCUT2D eigenvalue weighted by molar-refractivity contribution is 7.89. The largest absolute Gasteiger partial charge is 0.242 e. The van der Waals surface area contributed by atoms with Crippen molar-refractivity contribution in [2.75, 3.05) is 0 Å². The first-order valence-corrected chi connectivity index (χ1v) is 8.34. The molecule has 1 atom stereocenters. The number of hydrogen-bond donors (Lipinski definition) is 1. The summed E-state index contributed by atoms with van der Waals surface area (Å²) < 4.78 is 27.7. The topological polar surface area (TPSA) is 70.0 Å². The molecule has 1 aliphatic rings. The molecule has 20 heavy (non-hydrogen) atoms. The molecule has 6 heteroatoms. The molecule has 1 saturated carbocycles. The summed E-state index contributed by atoms with van der Waals surface area (Å²) in [4.78, 5) is -0.0269. The van der Waals surface area contributed by atoms with Crippen molar-refractivity contribution in [3.8, 4) is 6.07 Å². The lowest BCUT2D eigenvalue weighted by Gasteiger charge is -2.27. The Balaban J connectivity index is 2.34. The van der Waals surface area contributed by atoms with Gasteiger partial charge in [-0.25, -0.2) is 13.1 Å². The Bertz CT molecular complexity index is 662. The number of nitrogens with one attached hydrogen (secondary N) is 1. The summed E-state index contributed by atoms with van der Waals surface area (Å²) >= 11 is 5.97. The van der Waals surface area contributed by atoms with Crippen molar-refractivity contribution in [3.63, 3.8) is 0 Å². The van der Waals surface area contributed by atoms with Crippen LogP contribution in [0, 0.1) is 16.7 Å².